The first-order valence-corrected chi connectivity index (χ1v) is 5.98. The van der Waals surface area contributed by atoms with Crippen molar-refractivity contribution in [1.82, 2.24) is 0 Å². The fourth-order valence-electron chi connectivity index (χ4n) is 1.94. The summed E-state index contributed by atoms with van der Waals surface area (Å²) in [5.41, 5.74) is 1.25. The summed E-state index contributed by atoms with van der Waals surface area (Å²) in [6, 6.07) is 7.92. The van der Waals surface area contributed by atoms with Gasteiger partial charge in [-0.1, -0.05) is 26.0 Å². The summed E-state index contributed by atoms with van der Waals surface area (Å²) in [6.45, 7) is 5.73. The van der Waals surface area contributed by atoms with Gasteiger partial charge >= 0.3 is 0 Å². The number of ether oxygens (including phenoxy) is 3. The molecule has 2 rings (SSSR count). The van der Waals surface area contributed by atoms with Crippen LogP contribution in [-0.4, -0.2) is 20.0 Å². The van der Waals surface area contributed by atoms with Crippen LogP contribution in [0, 0.1) is 5.41 Å². The van der Waals surface area contributed by atoms with Crippen LogP contribution >= 0.6 is 0 Å². The Morgan fingerprint density at radius 3 is 2.53 bits per heavy atom. The molecule has 1 aromatic carbocycles. The van der Waals surface area contributed by atoms with Crippen LogP contribution in [-0.2, 0) is 16.1 Å². The first kappa shape index (κ1) is 12.4. The maximum Gasteiger partial charge on any atom is 0.163 e. The van der Waals surface area contributed by atoms with Crippen molar-refractivity contribution in [3.05, 3.63) is 29.8 Å². The van der Waals surface area contributed by atoms with Crippen LogP contribution in [0.4, 0.5) is 0 Å². The Bertz CT molecular complexity index is 356. The summed E-state index contributed by atoms with van der Waals surface area (Å²) in [4.78, 5) is 0. The minimum Gasteiger partial charge on any atom is -0.497 e. The van der Waals surface area contributed by atoms with Crippen LogP contribution in [0.3, 0.4) is 0 Å². The normalized spacial score (nSPS) is 22.6. The van der Waals surface area contributed by atoms with Crippen molar-refractivity contribution in [2.24, 2.45) is 5.41 Å². The van der Waals surface area contributed by atoms with Crippen molar-refractivity contribution in [2.45, 2.75) is 33.2 Å². The van der Waals surface area contributed by atoms with E-state index in [0.717, 1.165) is 24.3 Å². The Morgan fingerprint density at radius 1 is 1.29 bits per heavy atom. The molecule has 0 aromatic heterocycles. The van der Waals surface area contributed by atoms with Crippen molar-refractivity contribution >= 4 is 0 Å². The highest BCUT2D eigenvalue weighted by molar-refractivity contribution is 5.26. The molecule has 1 unspecified atom stereocenters. The number of benzene rings is 1. The highest BCUT2D eigenvalue weighted by Crippen LogP contribution is 2.34. The second-order valence-corrected chi connectivity index (χ2v) is 5.10. The van der Waals surface area contributed by atoms with Gasteiger partial charge in [-0.2, -0.15) is 0 Å². The molecule has 3 heteroatoms. The zero-order valence-electron chi connectivity index (χ0n) is 10.7. The minimum absolute atomic E-state index is 0.0930. The van der Waals surface area contributed by atoms with E-state index in [1.54, 1.807) is 7.11 Å². The van der Waals surface area contributed by atoms with Crippen molar-refractivity contribution < 1.29 is 14.2 Å². The Kier molecular flexibility index (Phi) is 3.69. The molecule has 1 fully saturated rings. The third-order valence-electron chi connectivity index (χ3n) is 3.21. The molecule has 0 saturated carbocycles. The smallest absolute Gasteiger partial charge is 0.163 e. The maximum absolute atomic E-state index is 5.81. The van der Waals surface area contributed by atoms with Gasteiger partial charge in [0.2, 0.25) is 0 Å². The summed E-state index contributed by atoms with van der Waals surface area (Å²) in [5, 5.41) is 0. The summed E-state index contributed by atoms with van der Waals surface area (Å²) in [5.74, 6) is 0.867. The molecule has 1 aliphatic heterocycles. The number of methoxy groups -OCH3 is 1. The SMILES string of the molecule is COc1ccc(COC2OCCC2(C)C)cc1. The molecule has 1 aromatic rings. The van der Waals surface area contributed by atoms with E-state index in [9.17, 15) is 0 Å². The second kappa shape index (κ2) is 5.07. The molecule has 0 aliphatic carbocycles. The van der Waals surface area contributed by atoms with Crippen molar-refractivity contribution in [1.29, 1.82) is 0 Å². The number of rotatable bonds is 4. The van der Waals surface area contributed by atoms with Gasteiger partial charge in [0.05, 0.1) is 20.3 Å². The van der Waals surface area contributed by atoms with Crippen LogP contribution in [0.1, 0.15) is 25.8 Å². The van der Waals surface area contributed by atoms with E-state index in [2.05, 4.69) is 13.8 Å². The Morgan fingerprint density at radius 2 is 2.00 bits per heavy atom. The lowest BCUT2D eigenvalue weighted by atomic mass is 9.91. The van der Waals surface area contributed by atoms with Gasteiger partial charge in [0.1, 0.15) is 5.75 Å². The van der Waals surface area contributed by atoms with E-state index >= 15 is 0 Å². The van der Waals surface area contributed by atoms with Gasteiger partial charge in [-0.3, -0.25) is 0 Å². The number of hydrogen-bond acceptors (Lipinski definition) is 3. The van der Waals surface area contributed by atoms with Crippen LogP contribution in [0.15, 0.2) is 24.3 Å². The minimum atomic E-state index is -0.0930. The van der Waals surface area contributed by atoms with E-state index < -0.39 is 0 Å². The molecule has 0 N–H and O–H groups in total. The summed E-state index contributed by atoms with van der Waals surface area (Å²) >= 11 is 0. The van der Waals surface area contributed by atoms with Crippen LogP contribution in [0.2, 0.25) is 0 Å². The molecule has 1 saturated heterocycles. The van der Waals surface area contributed by atoms with E-state index in [0.29, 0.717) is 6.61 Å². The van der Waals surface area contributed by atoms with Gasteiger partial charge in [0.15, 0.2) is 6.29 Å². The average Bonchev–Trinajstić information content (AvgIpc) is 2.66. The van der Waals surface area contributed by atoms with Gasteiger partial charge in [0.25, 0.3) is 0 Å². The van der Waals surface area contributed by atoms with E-state index in [1.807, 2.05) is 24.3 Å². The highest BCUT2D eigenvalue weighted by atomic mass is 16.7. The van der Waals surface area contributed by atoms with E-state index in [1.165, 1.54) is 0 Å². The van der Waals surface area contributed by atoms with Gasteiger partial charge in [-0.25, -0.2) is 0 Å². The zero-order chi connectivity index (χ0) is 12.3. The molecule has 94 valence electrons. The molecule has 0 spiro atoms. The topological polar surface area (TPSA) is 27.7 Å². The van der Waals surface area contributed by atoms with Crippen LogP contribution in [0.25, 0.3) is 0 Å². The molecule has 3 nitrogen and oxygen atoms in total. The van der Waals surface area contributed by atoms with Crippen molar-refractivity contribution in [2.75, 3.05) is 13.7 Å². The van der Waals surface area contributed by atoms with Crippen molar-refractivity contribution in [3.8, 4) is 5.75 Å². The molecular weight excluding hydrogens is 216 g/mol. The molecule has 0 amide bonds. The summed E-state index contributed by atoms with van der Waals surface area (Å²) < 4.78 is 16.5. The van der Waals surface area contributed by atoms with Gasteiger partial charge in [-0.15, -0.1) is 0 Å². The average molecular weight is 236 g/mol. The summed E-state index contributed by atoms with van der Waals surface area (Å²) in [6.07, 6.45) is 0.963. The highest BCUT2D eigenvalue weighted by Gasteiger charge is 2.36. The Hall–Kier alpha value is -1.06. The van der Waals surface area contributed by atoms with Gasteiger partial charge in [-0.05, 0) is 24.1 Å². The summed E-state index contributed by atoms with van der Waals surface area (Å²) in [7, 11) is 1.67. The molecule has 0 bridgehead atoms. The van der Waals surface area contributed by atoms with Gasteiger partial charge in [0, 0.05) is 5.41 Å². The lowest BCUT2D eigenvalue weighted by Crippen LogP contribution is -2.27. The maximum atomic E-state index is 5.81. The molecule has 1 atom stereocenters. The Balaban J connectivity index is 1.89. The first-order valence-electron chi connectivity index (χ1n) is 5.98. The lowest BCUT2D eigenvalue weighted by molar-refractivity contribution is -0.159. The van der Waals surface area contributed by atoms with E-state index in [-0.39, 0.29) is 11.7 Å². The third kappa shape index (κ3) is 2.99. The largest absolute Gasteiger partial charge is 0.497 e. The van der Waals surface area contributed by atoms with Crippen LogP contribution in [0.5, 0.6) is 5.75 Å². The molecule has 17 heavy (non-hydrogen) atoms. The zero-order valence-corrected chi connectivity index (χ0v) is 10.7. The standard InChI is InChI=1S/C14H20O3/c1-14(2)8-9-16-13(14)17-10-11-4-6-12(15-3)7-5-11/h4-7,13H,8-10H2,1-3H3. The monoisotopic (exact) mass is 236 g/mol. The quantitative estimate of drug-likeness (QED) is 0.804. The lowest BCUT2D eigenvalue weighted by Gasteiger charge is -2.25. The second-order valence-electron chi connectivity index (χ2n) is 5.10. The molecule has 0 radical (unpaired) electrons. The van der Waals surface area contributed by atoms with Crippen molar-refractivity contribution in [3.63, 3.8) is 0 Å². The fraction of sp³-hybridized carbons (Fsp3) is 0.571. The third-order valence-corrected chi connectivity index (χ3v) is 3.21. The Labute approximate surface area is 103 Å². The predicted molar refractivity (Wildman–Crippen MR) is 65.9 cm³/mol. The fourth-order valence-corrected chi connectivity index (χ4v) is 1.94. The molecule has 1 aliphatic rings. The number of hydrogen-bond donors (Lipinski definition) is 0. The first-order chi connectivity index (χ1) is 8.12. The molecule has 1 heterocycles. The van der Waals surface area contributed by atoms with Gasteiger partial charge < -0.3 is 14.2 Å². The van der Waals surface area contributed by atoms with Crippen LogP contribution < -0.4 is 4.74 Å². The molecular formula is C14H20O3. The van der Waals surface area contributed by atoms with E-state index in [4.69, 9.17) is 14.2 Å². The predicted octanol–water partition coefficient (Wildman–Crippen LogP) is 2.98.